The molecule has 26 heavy (non-hydrogen) atoms. The molecule has 1 N–H and O–H groups in total. The molecule has 0 radical (unpaired) electrons. The summed E-state index contributed by atoms with van der Waals surface area (Å²) in [6.45, 7) is 3.65. The van der Waals surface area contributed by atoms with Gasteiger partial charge in [-0.2, -0.15) is 0 Å². The van der Waals surface area contributed by atoms with Gasteiger partial charge in [-0.05, 0) is 49.2 Å². The fourth-order valence-electron chi connectivity index (χ4n) is 2.65. The van der Waals surface area contributed by atoms with Gasteiger partial charge >= 0.3 is 0 Å². The minimum absolute atomic E-state index is 0.171. The van der Waals surface area contributed by atoms with Crippen LogP contribution in [0.2, 0.25) is 0 Å². The van der Waals surface area contributed by atoms with Crippen LogP contribution >= 0.6 is 0 Å². The minimum atomic E-state index is -0.594. The number of ether oxygens (including phenoxy) is 1. The number of benzene rings is 2. The third kappa shape index (κ3) is 4.48. The van der Waals surface area contributed by atoms with Gasteiger partial charge in [0.1, 0.15) is 5.75 Å². The molecule has 0 aliphatic carbocycles. The third-order valence-corrected chi connectivity index (χ3v) is 4.13. The third-order valence-electron chi connectivity index (χ3n) is 4.13. The van der Waals surface area contributed by atoms with E-state index in [0.29, 0.717) is 5.75 Å². The quantitative estimate of drug-likeness (QED) is 0.720. The van der Waals surface area contributed by atoms with Gasteiger partial charge in [0.05, 0.1) is 11.7 Å². The lowest BCUT2D eigenvalue weighted by molar-refractivity contribution is -0.127. The summed E-state index contributed by atoms with van der Waals surface area (Å²) < 4.78 is 5.77. The molecule has 1 heterocycles. The molecule has 0 aliphatic heterocycles. The molecule has 0 spiro atoms. The Morgan fingerprint density at radius 2 is 1.54 bits per heavy atom. The summed E-state index contributed by atoms with van der Waals surface area (Å²) >= 11 is 0. The molecule has 1 aromatic heterocycles. The Bertz CT molecular complexity index is 833. The van der Waals surface area contributed by atoms with E-state index in [1.807, 2.05) is 67.6 Å². The van der Waals surface area contributed by atoms with Crippen LogP contribution in [0.25, 0.3) is 11.1 Å². The second-order valence-corrected chi connectivity index (χ2v) is 6.14. The first-order chi connectivity index (χ1) is 12.6. The smallest absolute Gasteiger partial charge is 0.261 e. The van der Waals surface area contributed by atoms with Gasteiger partial charge in [-0.15, -0.1) is 0 Å². The molecule has 0 saturated heterocycles. The fourth-order valence-corrected chi connectivity index (χ4v) is 2.65. The van der Waals surface area contributed by atoms with Crippen molar-refractivity contribution in [2.24, 2.45) is 0 Å². The molecule has 1 amide bonds. The molecular weight excluding hydrogens is 324 g/mol. The van der Waals surface area contributed by atoms with Crippen molar-refractivity contribution in [3.63, 3.8) is 0 Å². The number of rotatable bonds is 6. The number of carbonyl (C=O) groups excluding carboxylic acids is 1. The number of nitrogens with zero attached hydrogens (tertiary/aromatic N) is 1. The summed E-state index contributed by atoms with van der Waals surface area (Å²) in [6, 6.07) is 23.4. The first-order valence-electron chi connectivity index (χ1n) is 8.67. The lowest BCUT2D eigenvalue weighted by atomic mass is 10.1. The van der Waals surface area contributed by atoms with Crippen molar-refractivity contribution < 1.29 is 9.53 Å². The Morgan fingerprint density at radius 1 is 0.885 bits per heavy atom. The van der Waals surface area contributed by atoms with Crippen LogP contribution in [0.15, 0.2) is 79.0 Å². The number of hydrogen-bond donors (Lipinski definition) is 1. The number of amides is 1. The number of pyridine rings is 1. The van der Waals surface area contributed by atoms with Crippen molar-refractivity contribution in [3.8, 4) is 16.9 Å². The van der Waals surface area contributed by atoms with E-state index in [0.717, 1.165) is 16.8 Å². The van der Waals surface area contributed by atoms with Gasteiger partial charge in [-0.3, -0.25) is 9.78 Å². The summed E-state index contributed by atoms with van der Waals surface area (Å²) in [4.78, 5) is 16.6. The Hall–Kier alpha value is -3.14. The lowest BCUT2D eigenvalue weighted by Gasteiger charge is -2.18. The molecule has 2 atom stereocenters. The summed E-state index contributed by atoms with van der Waals surface area (Å²) in [5, 5.41) is 2.93. The van der Waals surface area contributed by atoms with Crippen molar-refractivity contribution in [2.45, 2.75) is 26.0 Å². The van der Waals surface area contributed by atoms with E-state index in [2.05, 4.69) is 22.4 Å². The van der Waals surface area contributed by atoms with Crippen LogP contribution in [0.4, 0.5) is 0 Å². The Labute approximate surface area is 153 Å². The summed E-state index contributed by atoms with van der Waals surface area (Å²) in [5.74, 6) is 0.494. The number of nitrogens with one attached hydrogen (secondary N) is 1. The molecule has 4 heteroatoms. The molecule has 0 bridgehead atoms. The first-order valence-corrected chi connectivity index (χ1v) is 8.67. The Kier molecular flexibility index (Phi) is 5.64. The SMILES string of the molecule is CC(Oc1ccc(-c2ccccc2)cc1)C(=O)NC(C)c1ccccn1. The largest absolute Gasteiger partial charge is 0.481 e. The van der Waals surface area contributed by atoms with Crippen LogP contribution in [0.5, 0.6) is 5.75 Å². The summed E-state index contributed by atoms with van der Waals surface area (Å²) in [5.41, 5.74) is 3.08. The van der Waals surface area contributed by atoms with Gasteiger partial charge in [-0.25, -0.2) is 0 Å². The minimum Gasteiger partial charge on any atom is -0.481 e. The zero-order chi connectivity index (χ0) is 18.4. The van der Waals surface area contributed by atoms with E-state index in [1.165, 1.54) is 0 Å². The van der Waals surface area contributed by atoms with E-state index >= 15 is 0 Å². The van der Waals surface area contributed by atoms with Crippen LogP contribution in [-0.4, -0.2) is 17.0 Å². The predicted octanol–water partition coefficient (Wildman–Crippen LogP) is 4.39. The van der Waals surface area contributed by atoms with Gasteiger partial charge in [0.15, 0.2) is 6.10 Å². The van der Waals surface area contributed by atoms with E-state index in [-0.39, 0.29) is 11.9 Å². The monoisotopic (exact) mass is 346 g/mol. The van der Waals surface area contributed by atoms with Crippen LogP contribution in [0.1, 0.15) is 25.6 Å². The maximum atomic E-state index is 12.4. The highest BCUT2D eigenvalue weighted by Crippen LogP contribution is 2.22. The maximum Gasteiger partial charge on any atom is 0.261 e. The molecule has 0 aliphatic rings. The molecular formula is C22H22N2O2. The molecule has 0 saturated carbocycles. The van der Waals surface area contributed by atoms with E-state index in [9.17, 15) is 4.79 Å². The van der Waals surface area contributed by atoms with Crippen LogP contribution in [-0.2, 0) is 4.79 Å². The lowest BCUT2D eigenvalue weighted by Crippen LogP contribution is -2.38. The molecule has 3 aromatic rings. The van der Waals surface area contributed by atoms with Crippen molar-refractivity contribution in [2.75, 3.05) is 0 Å². The molecule has 3 rings (SSSR count). The zero-order valence-electron chi connectivity index (χ0n) is 14.9. The zero-order valence-corrected chi connectivity index (χ0v) is 14.9. The highest BCUT2D eigenvalue weighted by molar-refractivity contribution is 5.81. The van der Waals surface area contributed by atoms with Crippen LogP contribution < -0.4 is 10.1 Å². The van der Waals surface area contributed by atoms with Crippen molar-refractivity contribution in [1.29, 1.82) is 0 Å². The predicted molar refractivity (Wildman–Crippen MR) is 103 cm³/mol. The van der Waals surface area contributed by atoms with Crippen LogP contribution in [0, 0.1) is 0 Å². The average molecular weight is 346 g/mol. The second-order valence-electron chi connectivity index (χ2n) is 6.14. The molecule has 132 valence electrons. The molecule has 4 nitrogen and oxygen atoms in total. The number of carbonyl (C=O) groups is 1. The second kappa shape index (κ2) is 8.30. The van der Waals surface area contributed by atoms with Crippen molar-refractivity contribution in [1.82, 2.24) is 10.3 Å². The van der Waals surface area contributed by atoms with E-state index < -0.39 is 6.10 Å². The van der Waals surface area contributed by atoms with E-state index in [1.54, 1.807) is 13.1 Å². The molecule has 0 fully saturated rings. The number of hydrogen-bond acceptors (Lipinski definition) is 3. The van der Waals surface area contributed by atoms with E-state index in [4.69, 9.17) is 4.74 Å². The van der Waals surface area contributed by atoms with Gasteiger partial charge in [0.2, 0.25) is 0 Å². The fraction of sp³-hybridized carbons (Fsp3) is 0.182. The average Bonchev–Trinajstić information content (AvgIpc) is 2.70. The van der Waals surface area contributed by atoms with Crippen molar-refractivity contribution >= 4 is 5.91 Å². The van der Waals surface area contributed by atoms with Crippen LogP contribution in [0.3, 0.4) is 0 Å². The maximum absolute atomic E-state index is 12.4. The van der Waals surface area contributed by atoms with Crippen molar-refractivity contribution in [3.05, 3.63) is 84.7 Å². The topological polar surface area (TPSA) is 51.2 Å². The number of aromatic nitrogens is 1. The normalized spacial score (nSPS) is 12.8. The first kappa shape index (κ1) is 17.7. The van der Waals surface area contributed by atoms with Gasteiger partial charge < -0.3 is 10.1 Å². The summed E-state index contributed by atoms with van der Waals surface area (Å²) in [7, 11) is 0. The summed E-state index contributed by atoms with van der Waals surface area (Å²) in [6.07, 6.45) is 1.12. The van der Waals surface area contributed by atoms with Gasteiger partial charge in [-0.1, -0.05) is 48.5 Å². The molecule has 2 aromatic carbocycles. The van der Waals surface area contributed by atoms with Gasteiger partial charge in [0.25, 0.3) is 5.91 Å². The standard InChI is InChI=1S/C22H22N2O2/c1-16(21-10-6-7-15-23-21)24-22(25)17(2)26-20-13-11-19(12-14-20)18-8-4-3-5-9-18/h3-17H,1-2H3,(H,24,25). The highest BCUT2D eigenvalue weighted by atomic mass is 16.5. The van der Waals surface area contributed by atoms with Gasteiger partial charge in [0, 0.05) is 6.20 Å². The highest BCUT2D eigenvalue weighted by Gasteiger charge is 2.18. The Morgan fingerprint density at radius 3 is 2.19 bits per heavy atom. The Balaban J connectivity index is 1.59. The molecule has 2 unspecified atom stereocenters.